The van der Waals surface area contributed by atoms with Crippen LogP contribution in [0, 0.1) is 0 Å². The SMILES string of the molecule is COC(=O)CN(CCN(CC(=O)O)C(C(=O)O)c1ccccc1OC)[C@H](C(=O)O)c1ccccc1O. The number of carbonyl (C=O) groups is 4. The van der Waals surface area contributed by atoms with E-state index in [0.29, 0.717) is 0 Å². The van der Waals surface area contributed by atoms with Crippen LogP contribution >= 0.6 is 0 Å². The van der Waals surface area contributed by atoms with Crippen molar-refractivity contribution in [2.45, 2.75) is 12.1 Å². The second kappa shape index (κ2) is 13.1. The van der Waals surface area contributed by atoms with Crippen molar-refractivity contribution in [1.29, 1.82) is 0 Å². The van der Waals surface area contributed by atoms with Gasteiger partial charge >= 0.3 is 23.9 Å². The molecule has 0 aromatic heterocycles. The molecule has 36 heavy (non-hydrogen) atoms. The molecule has 0 fully saturated rings. The first-order chi connectivity index (χ1) is 17.1. The zero-order chi connectivity index (χ0) is 26.8. The summed E-state index contributed by atoms with van der Waals surface area (Å²) in [5, 5.41) is 39.6. The standard InChI is InChI=1S/C24H28N2O10/c1-35-18-10-6-4-8-16(18)22(24(33)34)25(13-19(28)29)11-12-26(14-20(30)36-2)21(23(31)32)15-7-3-5-9-17(15)27/h3-10,21-22,27H,11-14H2,1-2H3,(H,28,29)(H,31,32)(H,33,34)/t21-,22?/m0/s1. The Balaban J connectivity index is 2.48. The number of carboxylic acids is 3. The molecule has 4 N–H and O–H groups in total. The second-order valence-electron chi connectivity index (χ2n) is 7.69. The Kier molecular flexibility index (Phi) is 10.2. The van der Waals surface area contributed by atoms with E-state index >= 15 is 0 Å². The van der Waals surface area contributed by atoms with E-state index in [-0.39, 0.29) is 35.7 Å². The number of esters is 1. The molecular weight excluding hydrogens is 476 g/mol. The quantitative estimate of drug-likeness (QED) is 0.271. The predicted molar refractivity (Wildman–Crippen MR) is 125 cm³/mol. The average molecular weight is 504 g/mol. The highest BCUT2D eigenvalue weighted by molar-refractivity contribution is 5.79. The van der Waals surface area contributed by atoms with E-state index in [2.05, 4.69) is 4.74 Å². The smallest absolute Gasteiger partial charge is 0.325 e. The fraction of sp³-hybridized carbons (Fsp3) is 0.333. The third-order valence-electron chi connectivity index (χ3n) is 5.44. The summed E-state index contributed by atoms with van der Waals surface area (Å²) in [5.41, 5.74) is 0.196. The van der Waals surface area contributed by atoms with E-state index in [9.17, 15) is 39.6 Å². The van der Waals surface area contributed by atoms with Crippen LogP contribution in [0.3, 0.4) is 0 Å². The van der Waals surface area contributed by atoms with Crippen molar-refractivity contribution in [3.8, 4) is 11.5 Å². The van der Waals surface area contributed by atoms with E-state index in [0.717, 1.165) is 12.0 Å². The van der Waals surface area contributed by atoms with Crippen LogP contribution in [-0.2, 0) is 23.9 Å². The van der Waals surface area contributed by atoms with Gasteiger partial charge in [-0.3, -0.25) is 29.0 Å². The van der Waals surface area contributed by atoms with Crippen molar-refractivity contribution in [3.63, 3.8) is 0 Å². The van der Waals surface area contributed by atoms with Gasteiger partial charge in [-0.15, -0.1) is 0 Å². The van der Waals surface area contributed by atoms with Gasteiger partial charge in [0.2, 0.25) is 0 Å². The summed E-state index contributed by atoms with van der Waals surface area (Å²) in [4.78, 5) is 50.5. The lowest BCUT2D eigenvalue weighted by Gasteiger charge is -2.33. The molecule has 0 heterocycles. The highest BCUT2D eigenvalue weighted by Crippen LogP contribution is 2.31. The van der Waals surface area contributed by atoms with Crippen LogP contribution in [0.2, 0.25) is 0 Å². The zero-order valence-corrected chi connectivity index (χ0v) is 19.7. The summed E-state index contributed by atoms with van der Waals surface area (Å²) in [7, 11) is 2.47. The molecular formula is C24H28N2O10. The van der Waals surface area contributed by atoms with Gasteiger partial charge in [0.15, 0.2) is 0 Å². The molecule has 0 aliphatic carbocycles. The Bertz CT molecular complexity index is 1090. The van der Waals surface area contributed by atoms with Crippen molar-refractivity contribution in [1.82, 2.24) is 9.80 Å². The van der Waals surface area contributed by atoms with Gasteiger partial charge in [0.05, 0.1) is 27.3 Å². The molecule has 0 aliphatic rings. The molecule has 2 rings (SSSR count). The molecule has 12 nitrogen and oxygen atoms in total. The number of rotatable bonds is 14. The third-order valence-corrected chi connectivity index (χ3v) is 5.44. The van der Waals surface area contributed by atoms with Crippen LogP contribution in [0.1, 0.15) is 23.2 Å². The Morgan fingerprint density at radius 2 is 1.28 bits per heavy atom. The van der Waals surface area contributed by atoms with Crippen LogP contribution in [0.25, 0.3) is 0 Å². The minimum Gasteiger partial charge on any atom is -0.508 e. The maximum atomic E-state index is 12.3. The monoisotopic (exact) mass is 504 g/mol. The summed E-state index contributed by atoms with van der Waals surface area (Å²) in [6.45, 7) is -1.74. The zero-order valence-electron chi connectivity index (χ0n) is 19.7. The second-order valence-corrected chi connectivity index (χ2v) is 7.69. The van der Waals surface area contributed by atoms with Gasteiger partial charge in [-0.2, -0.15) is 0 Å². The van der Waals surface area contributed by atoms with E-state index in [1.54, 1.807) is 12.1 Å². The number of benzene rings is 2. The maximum Gasteiger partial charge on any atom is 0.325 e. The summed E-state index contributed by atoms with van der Waals surface area (Å²) >= 11 is 0. The number of para-hydroxylation sites is 2. The van der Waals surface area contributed by atoms with Crippen LogP contribution in [-0.4, -0.2) is 94.5 Å². The van der Waals surface area contributed by atoms with Crippen molar-refractivity contribution in [3.05, 3.63) is 59.7 Å². The Morgan fingerprint density at radius 1 is 0.778 bits per heavy atom. The largest absolute Gasteiger partial charge is 0.508 e. The lowest BCUT2D eigenvalue weighted by molar-refractivity contribution is -0.151. The van der Waals surface area contributed by atoms with Crippen molar-refractivity contribution in [2.75, 3.05) is 40.4 Å². The molecule has 0 spiro atoms. The van der Waals surface area contributed by atoms with Crippen LogP contribution in [0.15, 0.2) is 48.5 Å². The molecule has 0 amide bonds. The molecule has 1 unspecified atom stereocenters. The van der Waals surface area contributed by atoms with Gasteiger partial charge in [0.1, 0.15) is 23.6 Å². The number of nitrogens with zero attached hydrogens (tertiary/aromatic N) is 2. The number of phenols is 1. The van der Waals surface area contributed by atoms with E-state index in [1.165, 1.54) is 48.4 Å². The van der Waals surface area contributed by atoms with Crippen LogP contribution in [0.5, 0.6) is 11.5 Å². The van der Waals surface area contributed by atoms with E-state index < -0.39 is 49.1 Å². The summed E-state index contributed by atoms with van der Waals surface area (Å²) in [6, 6.07) is 8.95. The van der Waals surface area contributed by atoms with Gasteiger partial charge in [-0.1, -0.05) is 36.4 Å². The highest BCUT2D eigenvalue weighted by atomic mass is 16.5. The highest BCUT2D eigenvalue weighted by Gasteiger charge is 2.35. The Labute approximate surface area is 206 Å². The van der Waals surface area contributed by atoms with E-state index in [4.69, 9.17) is 4.74 Å². The minimum absolute atomic E-state index is 0.00167. The van der Waals surface area contributed by atoms with Crippen molar-refractivity contribution >= 4 is 23.9 Å². The number of aliphatic carboxylic acids is 3. The molecule has 2 atom stereocenters. The van der Waals surface area contributed by atoms with Crippen LogP contribution in [0.4, 0.5) is 0 Å². The fourth-order valence-electron chi connectivity index (χ4n) is 3.84. The number of phenolic OH excluding ortho intramolecular Hbond substituents is 1. The average Bonchev–Trinajstić information content (AvgIpc) is 2.83. The first kappa shape index (κ1) is 28.1. The van der Waals surface area contributed by atoms with Crippen LogP contribution < -0.4 is 4.74 Å². The van der Waals surface area contributed by atoms with Gasteiger partial charge in [-0.05, 0) is 12.1 Å². The van der Waals surface area contributed by atoms with Gasteiger partial charge in [0, 0.05) is 24.2 Å². The number of carboxylic acid groups (broad SMARTS) is 3. The lowest BCUT2D eigenvalue weighted by atomic mass is 10.0. The molecule has 2 aromatic carbocycles. The molecule has 0 saturated heterocycles. The van der Waals surface area contributed by atoms with Gasteiger partial charge in [-0.25, -0.2) is 0 Å². The number of methoxy groups -OCH3 is 2. The molecule has 0 radical (unpaired) electrons. The lowest BCUT2D eigenvalue weighted by Crippen LogP contribution is -2.46. The number of hydrogen-bond acceptors (Lipinski definition) is 9. The topological polar surface area (TPSA) is 174 Å². The molecule has 194 valence electrons. The Morgan fingerprint density at radius 3 is 1.78 bits per heavy atom. The van der Waals surface area contributed by atoms with Crippen molar-refractivity contribution < 1.29 is 49.1 Å². The summed E-state index contributed by atoms with van der Waals surface area (Å²) in [5.74, 6) is -4.92. The molecule has 12 heteroatoms. The Hall–Kier alpha value is -4.16. The number of carbonyl (C=O) groups excluding carboxylic acids is 1. The van der Waals surface area contributed by atoms with Gasteiger partial charge in [0.25, 0.3) is 0 Å². The molecule has 0 saturated carbocycles. The number of hydrogen-bond donors (Lipinski definition) is 4. The summed E-state index contributed by atoms with van der Waals surface area (Å²) in [6.07, 6.45) is 0. The summed E-state index contributed by atoms with van der Waals surface area (Å²) < 4.78 is 9.93. The van der Waals surface area contributed by atoms with E-state index in [1.807, 2.05) is 0 Å². The van der Waals surface area contributed by atoms with Gasteiger partial charge < -0.3 is 29.9 Å². The fourth-order valence-corrected chi connectivity index (χ4v) is 3.84. The first-order valence-electron chi connectivity index (χ1n) is 10.7. The molecule has 0 aliphatic heterocycles. The maximum absolute atomic E-state index is 12.3. The molecule has 2 aromatic rings. The predicted octanol–water partition coefficient (Wildman–Crippen LogP) is 1.21. The van der Waals surface area contributed by atoms with Crippen molar-refractivity contribution in [2.24, 2.45) is 0 Å². The normalized spacial score (nSPS) is 12.7. The first-order valence-corrected chi connectivity index (χ1v) is 10.7. The molecule has 0 bridgehead atoms. The number of aromatic hydroxyl groups is 1. The minimum atomic E-state index is -1.51. The third kappa shape index (κ3) is 7.17. The number of ether oxygens (including phenoxy) is 2.